The van der Waals surface area contributed by atoms with Crippen LogP contribution in [0.5, 0.6) is 0 Å². The lowest BCUT2D eigenvalue weighted by atomic mass is 10.3. The molecule has 9 heteroatoms. The topological polar surface area (TPSA) is 72.2 Å². The summed E-state index contributed by atoms with van der Waals surface area (Å²) in [5, 5.41) is -1.14. The number of nitrogens with two attached hydrogens (primary N) is 1. The van der Waals surface area contributed by atoms with Gasteiger partial charge in [-0.25, -0.2) is 12.8 Å². The predicted octanol–water partition coefficient (Wildman–Crippen LogP) is 2.66. The molecule has 0 heterocycles. The molecule has 0 fully saturated rings. The van der Waals surface area contributed by atoms with Gasteiger partial charge < -0.3 is 5.73 Å². The molecule has 18 heavy (non-hydrogen) atoms. The Morgan fingerprint density at radius 3 is 2.61 bits per heavy atom. The molecule has 1 rings (SSSR count). The molecule has 1 aromatic rings. The van der Waals surface area contributed by atoms with Crippen LogP contribution >= 0.6 is 39.7 Å². The summed E-state index contributed by atoms with van der Waals surface area (Å²) in [6.07, 6.45) is 0. The molecule has 0 bridgehead atoms. The molecule has 4 nitrogen and oxygen atoms in total. The van der Waals surface area contributed by atoms with E-state index >= 15 is 0 Å². The van der Waals surface area contributed by atoms with Gasteiger partial charge in [0.05, 0.1) is 15.7 Å². The Kier molecular flexibility index (Phi) is 4.93. The highest BCUT2D eigenvalue weighted by Gasteiger charge is 2.25. The second-order valence-electron chi connectivity index (χ2n) is 3.44. The van der Waals surface area contributed by atoms with E-state index in [1.54, 1.807) is 0 Å². The first-order chi connectivity index (χ1) is 8.15. The third kappa shape index (κ3) is 3.53. The second-order valence-corrected chi connectivity index (χ2v) is 7.17. The first-order valence-corrected chi connectivity index (χ1v) is 7.73. The number of halogens is 3. The lowest BCUT2D eigenvalue weighted by Gasteiger charge is -2.15. The third-order valence-electron chi connectivity index (χ3n) is 2.12. The number of hydrogen-bond acceptors (Lipinski definition) is 3. The van der Waals surface area contributed by atoms with Crippen LogP contribution in [-0.2, 0) is 10.0 Å². The molecule has 0 aliphatic carbocycles. The molecular weight excluding hydrogens is 367 g/mol. The summed E-state index contributed by atoms with van der Waals surface area (Å²) in [7, 11) is -3.82. The SMILES string of the molecule is CC(C(N)=S)S(=O)(=O)Nc1c(Cl)cc(F)cc1Br. The first-order valence-electron chi connectivity index (χ1n) is 4.60. The Morgan fingerprint density at radius 1 is 1.61 bits per heavy atom. The first kappa shape index (κ1) is 15.6. The van der Waals surface area contributed by atoms with Crippen LogP contribution in [0.25, 0.3) is 0 Å². The summed E-state index contributed by atoms with van der Waals surface area (Å²) in [5.74, 6) is -0.586. The lowest BCUT2D eigenvalue weighted by molar-refractivity contribution is 0.598. The maximum Gasteiger partial charge on any atom is 0.241 e. The number of benzene rings is 1. The molecule has 0 radical (unpaired) electrons. The Morgan fingerprint density at radius 2 is 2.17 bits per heavy atom. The van der Waals surface area contributed by atoms with Crippen molar-refractivity contribution in [2.24, 2.45) is 5.73 Å². The molecule has 0 spiro atoms. The maximum absolute atomic E-state index is 13.0. The van der Waals surface area contributed by atoms with Crippen molar-refractivity contribution in [3.63, 3.8) is 0 Å². The van der Waals surface area contributed by atoms with Crippen molar-refractivity contribution in [1.29, 1.82) is 0 Å². The van der Waals surface area contributed by atoms with Gasteiger partial charge in [-0.3, -0.25) is 4.72 Å². The van der Waals surface area contributed by atoms with Crippen molar-refractivity contribution in [3.8, 4) is 0 Å². The maximum atomic E-state index is 13.0. The molecule has 0 aromatic heterocycles. The molecule has 100 valence electrons. The zero-order chi connectivity index (χ0) is 14.1. The number of nitrogens with one attached hydrogen (secondary N) is 1. The minimum Gasteiger partial charge on any atom is -0.392 e. The fourth-order valence-electron chi connectivity index (χ4n) is 1.02. The minimum absolute atomic E-state index is 0.0427. The van der Waals surface area contributed by atoms with Crippen LogP contribution < -0.4 is 10.5 Å². The van der Waals surface area contributed by atoms with Gasteiger partial charge in [-0.15, -0.1) is 0 Å². The normalized spacial score (nSPS) is 13.1. The summed E-state index contributed by atoms with van der Waals surface area (Å²) in [5.41, 5.74) is 5.33. The van der Waals surface area contributed by atoms with Crippen LogP contribution in [0, 0.1) is 5.82 Å². The van der Waals surface area contributed by atoms with Gasteiger partial charge >= 0.3 is 0 Å². The van der Waals surface area contributed by atoms with E-state index in [0.717, 1.165) is 12.1 Å². The van der Waals surface area contributed by atoms with Gasteiger partial charge in [0.1, 0.15) is 11.1 Å². The number of sulfonamides is 1. The van der Waals surface area contributed by atoms with Gasteiger partial charge in [0.15, 0.2) is 0 Å². The van der Waals surface area contributed by atoms with Crippen LogP contribution in [0.2, 0.25) is 5.02 Å². The Hall–Kier alpha value is -0.440. The van der Waals surface area contributed by atoms with E-state index in [-0.39, 0.29) is 20.2 Å². The van der Waals surface area contributed by atoms with Gasteiger partial charge in [0.2, 0.25) is 10.0 Å². The van der Waals surface area contributed by atoms with E-state index in [1.807, 2.05) is 0 Å². The Bertz CT molecular complexity index is 571. The third-order valence-corrected chi connectivity index (χ3v) is 5.22. The summed E-state index contributed by atoms with van der Waals surface area (Å²) in [4.78, 5) is -0.170. The number of rotatable bonds is 4. The molecule has 1 unspecified atom stereocenters. The highest BCUT2D eigenvalue weighted by atomic mass is 79.9. The summed E-state index contributed by atoms with van der Waals surface area (Å²) in [6.45, 7) is 1.34. The van der Waals surface area contributed by atoms with Crippen LogP contribution in [0.4, 0.5) is 10.1 Å². The van der Waals surface area contributed by atoms with Crippen molar-refractivity contribution in [2.45, 2.75) is 12.2 Å². The fourth-order valence-corrected chi connectivity index (χ4v) is 3.48. The number of hydrogen-bond donors (Lipinski definition) is 2. The monoisotopic (exact) mass is 374 g/mol. The zero-order valence-corrected chi connectivity index (χ0v) is 13.1. The quantitative estimate of drug-likeness (QED) is 0.794. The molecule has 0 amide bonds. The van der Waals surface area contributed by atoms with Crippen molar-refractivity contribution in [3.05, 3.63) is 27.4 Å². The van der Waals surface area contributed by atoms with E-state index < -0.39 is 21.1 Å². The molecular formula is C9H9BrClFN2O2S2. The predicted molar refractivity (Wildman–Crippen MR) is 77.9 cm³/mol. The van der Waals surface area contributed by atoms with Crippen molar-refractivity contribution in [1.82, 2.24) is 0 Å². The highest BCUT2D eigenvalue weighted by molar-refractivity contribution is 9.10. The molecule has 0 aliphatic rings. The summed E-state index contributed by atoms with van der Waals surface area (Å²) >= 11 is 13.4. The van der Waals surface area contributed by atoms with Gasteiger partial charge in [-0.2, -0.15) is 0 Å². The van der Waals surface area contributed by atoms with Crippen LogP contribution in [0.3, 0.4) is 0 Å². The zero-order valence-electron chi connectivity index (χ0n) is 9.08. The van der Waals surface area contributed by atoms with E-state index in [4.69, 9.17) is 17.3 Å². The van der Waals surface area contributed by atoms with E-state index in [1.165, 1.54) is 6.92 Å². The van der Waals surface area contributed by atoms with E-state index in [9.17, 15) is 12.8 Å². The Labute approximate surface area is 123 Å². The van der Waals surface area contributed by atoms with Crippen molar-refractivity contribution >= 4 is 60.4 Å². The minimum atomic E-state index is -3.82. The largest absolute Gasteiger partial charge is 0.392 e. The lowest BCUT2D eigenvalue weighted by Crippen LogP contribution is -2.35. The molecule has 0 saturated carbocycles. The number of anilines is 1. The van der Waals surface area contributed by atoms with Gasteiger partial charge in [0.25, 0.3) is 0 Å². The molecule has 0 aliphatic heterocycles. The summed E-state index contributed by atoms with van der Waals surface area (Å²) in [6, 6.07) is 2.09. The smallest absolute Gasteiger partial charge is 0.241 e. The average molecular weight is 376 g/mol. The molecule has 1 aromatic carbocycles. The molecule has 3 N–H and O–H groups in total. The van der Waals surface area contributed by atoms with Crippen molar-refractivity contribution < 1.29 is 12.8 Å². The Balaban J connectivity index is 3.17. The van der Waals surface area contributed by atoms with Crippen LogP contribution in [0.15, 0.2) is 16.6 Å². The van der Waals surface area contributed by atoms with Gasteiger partial charge in [0, 0.05) is 4.47 Å². The van der Waals surface area contributed by atoms with E-state index in [2.05, 4.69) is 32.9 Å². The standard InChI is InChI=1S/C9H9BrClFN2O2S2/c1-4(9(13)17)18(15,16)14-8-6(10)2-5(12)3-7(8)11/h2-4,14H,1H3,(H2,13,17). The van der Waals surface area contributed by atoms with Gasteiger partial charge in [-0.05, 0) is 35.0 Å². The van der Waals surface area contributed by atoms with E-state index in [0.29, 0.717) is 0 Å². The van der Waals surface area contributed by atoms with Crippen LogP contribution in [0.1, 0.15) is 6.92 Å². The molecule has 1 atom stereocenters. The highest BCUT2D eigenvalue weighted by Crippen LogP contribution is 2.32. The fraction of sp³-hybridized carbons (Fsp3) is 0.222. The average Bonchev–Trinajstić information content (AvgIpc) is 2.22. The second kappa shape index (κ2) is 5.68. The summed E-state index contributed by atoms with van der Waals surface area (Å²) < 4.78 is 39.2. The van der Waals surface area contributed by atoms with Crippen LogP contribution in [-0.4, -0.2) is 18.7 Å². The van der Waals surface area contributed by atoms with Gasteiger partial charge in [-0.1, -0.05) is 23.8 Å². The molecule has 0 saturated heterocycles. The van der Waals surface area contributed by atoms with Crippen molar-refractivity contribution in [2.75, 3.05) is 4.72 Å². The number of thiocarbonyl (C=S) groups is 1.